The van der Waals surface area contributed by atoms with Gasteiger partial charge in [-0.15, -0.1) is 4.83 Å². The SMILES string of the molecule is Cc1cccc2sc(NNS(=O)(=O)c3ccc(CCNC(=O)c4ccc(Cl)cc4Cl)cc3)nc12. The molecule has 11 heteroatoms. The van der Waals surface area contributed by atoms with E-state index in [2.05, 4.69) is 20.6 Å². The third kappa shape index (κ3) is 5.68. The van der Waals surface area contributed by atoms with Gasteiger partial charge in [-0.05, 0) is 60.9 Å². The number of thiazole rings is 1. The Kier molecular flexibility index (Phi) is 7.39. The Morgan fingerprint density at radius 2 is 1.82 bits per heavy atom. The van der Waals surface area contributed by atoms with E-state index in [4.69, 9.17) is 23.2 Å². The molecule has 0 spiro atoms. The third-order valence-corrected chi connectivity index (χ3v) is 7.77. The highest BCUT2D eigenvalue weighted by Crippen LogP contribution is 2.27. The molecule has 0 atom stereocenters. The number of hydrazine groups is 1. The lowest BCUT2D eigenvalue weighted by molar-refractivity contribution is 0.0954. The van der Waals surface area contributed by atoms with Crippen molar-refractivity contribution >= 4 is 65.8 Å². The minimum atomic E-state index is -3.79. The van der Waals surface area contributed by atoms with E-state index < -0.39 is 10.0 Å². The summed E-state index contributed by atoms with van der Waals surface area (Å²) in [7, 11) is -3.79. The first-order chi connectivity index (χ1) is 16.2. The van der Waals surface area contributed by atoms with E-state index >= 15 is 0 Å². The predicted octanol–water partition coefficient (Wildman–Crippen LogP) is 5.19. The second kappa shape index (κ2) is 10.3. The first-order valence-electron chi connectivity index (χ1n) is 10.2. The summed E-state index contributed by atoms with van der Waals surface area (Å²) in [6.45, 7) is 2.32. The van der Waals surface area contributed by atoms with Crippen molar-refractivity contribution in [2.45, 2.75) is 18.2 Å². The molecule has 7 nitrogen and oxygen atoms in total. The average molecular weight is 535 g/mol. The van der Waals surface area contributed by atoms with Gasteiger partial charge in [0.1, 0.15) is 0 Å². The molecule has 0 bridgehead atoms. The number of sulfonamides is 1. The van der Waals surface area contributed by atoms with Crippen molar-refractivity contribution < 1.29 is 13.2 Å². The summed E-state index contributed by atoms with van der Waals surface area (Å²) in [6.07, 6.45) is 0.522. The molecule has 0 fully saturated rings. The summed E-state index contributed by atoms with van der Waals surface area (Å²) in [5.41, 5.74) is 5.76. The van der Waals surface area contributed by atoms with Gasteiger partial charge in [0.05, 0.1) is 25.7 Å². The second-order valence-corrected chi connectivity index (χ2v) is 11.0. The normalized spacial score (nSPS) is 11.5. The molecular weight excluding hydrogens is 515 g/mol. The molecule has 3 aromatic carbocycles. The molecule has 4 aromatic rings. The first kappa shape index (κ1) is 24.4. The lowest BCUT2D eigenvalue weighted by Crippen LogP contribution is -2.29. The van der Waals surface area contributed by atoms with Crippen molar-refractivity contribution in [1.82, 2.24) is 15.1 Å². The Hall–Kier alpha value is -2.69. The van der Waals surface area contributed by atoms with Crippen molar-refractivity contribution in [3.8, 4) is 0 Å². The highest BCUT2D eigenvalue weighted by Gasteiger charge is 2.15. The number of halogens is 2. The molecule has 0 aliphatic heterocycles. The lowest BCUT2D eigenvalue weighted by atomic mass is 10.1. The quantitative estimate of drug-likeness (QED) is 0.270. The van der Waals surface area contributed by atoms with E-state index in [1.165, 1.54) is 29.5 Å². The molecule has 34 heavy (non-hydrogen) atoms. The van der Waals surface area contributed by atoms with Gasteiger partial charge in [0, 0.05) is 11.6 Å². The largest absolute Gasteiger partial charge is 0.352 e. The van der Waals surface area contributed by atoms with Crippen molar-refractivity contribution in [3.63, 3.8) is 0 Å². The summed E-state index contributed by atoms with van der Waals surface area (Å²) >= 11 is 13.3. The van der Waals surface area contributed by atoms with E-state index in [9.17, 15) is 13.2 Å². The standard InChI is InChI=1S/C23H20Cl2N4O3S2/c1-14-3-2-4-20-21(14)27-23(33-20)28-29-34(31,32)17-8-5-15(6-9-17)11-12-26-22(30)18-10-7-16(24)13-19(18)25/h2-10,13,29H,11-12H2,1H3,(H,26,30)(H,27,28). The van der Waals surface area contributed by atoms with Crippen LogP contribution in [0.5, 0.6) is 0 Å². The van der Waals surface area contributed by atoms with Crippen molar-refractivity contribution in [1.29, 1.82) is 0 Å². The molecule has 4 rings (SSSR count). The van der Waals surface area contributed by atoms with Crippen molar-refractivity contribution in [2.75, 3.05) is 12.0 Å². The van der Waals surface area contributed by atoms with Crippen molar-refractivity contribution in [2.24, 2.45) is 0 Å². The molecule has 0 unspecified atom stereocenters. The highest BCUT2D eigenvalue weighted by atomic mass is 35.5. The second-order valence-electron chi connectivity index (χ2n) is 7.45. The maximum atomic E-state index is 12.6. The van der Waals surface area contributed by atoms with Crippen LogP contribution in [0.4, 0.5) is 5.13 Å². The number of aryl methyl sites for hydroxylation is 1. The van der Waals surface area contributed by atoms with Gasteiger partial charge in [-0.3, -0.25) is 10.2 Å². The number of benzene rings is 3. The van der Waals surface area contributed by atoms with Gasteiger partial charge in [-0.1, -0.05) is 58.8 Å². The van der Waals surface area contributed by atoms with Crippen LogP contribution in [0.25, 0.3) is 10.2 Å². The van der Waals surface area contributed by atoms with Crippen LogP contribution in [0, 0.1) is 6.92 Å². The van der Waals surface area contributed by atoms with E-state index in [0.29, 0.717) is 28.7 Å². The number of anilines is 1. The van der Waals surface area contributed by atoms with Gasteiger partial charge >= 0.3 is 0 Å². The molecule has 1 heterocycles. The minimum Gasteiger partial charge on any atom is -0.352 e. The number of para-hydroxylation sites is 1. The van der Waals surface area contributed by atoms with Crippen LogP contribution in [0.3, 0.4) is 0 Å². The monoisotopic (exact) mass is 534 g/mol. The minimum absolute atomic E-state index is 0.109. The molecule has 176 valence electrons. The summed E-state index contributed by atoms with van der Waals surface area (Å²) in [4.78, 5) is 19.2. The maximum Gasteiger partial charge on any atom is 0.257 e. The van der Waals surface area contributed by atoms with Crippen LogP contribution in [0.2, 0.25) is 10.0 Å². The Labute approximate surface area is 211 Å². The van der Waals surface area contributed by atoms with Crippen LogP contribution in [0.15, 0.2) is 65.6 Å². The van der Waals surface area contributed by atoms with Gasteiger partial charge in [0.2, 0.25) is 0 Å². The topological polar surface area (TPSA) is 100 Å². The zero-order valence-corrected chi connectivity index (χ0v) is 21.1. The van der Waals surface area contributed by atoms with Crippen LogP contribution in [0.1, 0.15) is 21.5 Å². The van der Waals surface area contributed by atoms with Crippen molar-refractivity contribution in [3.05, 3.63) is 87.4 Å². The first-order valence-corrected chi connectivity index (χ1v) is 13.2. The number of amides is 1. The van der Waals surface area contributed by atoms with Gasteiger partial charge in [-0.25, -0.2) is 13.4 Å². The zero-order valence-electron chi connectivity index (χ0n) is 17.9. The van der Waals surface area contributed by atoms with Crippen LogP contribution in [-0.2, 0) is 16.4 Å². The number of nitrogens with zero attached hydrogens (tertiary/aromatic N) is 1. The van der Waals surface area contributed by atoms with E-state index in [0.717, 1.165) is 21.3 Å². The number of carbonyl (C=O) groups is 1. The average Bonchev–Trinajstić information content (AvgIpc) is 3.23. The lowest BCUT2D eigenvalue weighted by Gasteiger charge is -2.09. The number of fused-ring (bicyclic) bond motifs is 1. The predicted molar refractivity (Wildman–Crippen MR) is 137 cm³/mol. The number of carbonyl (C=O) groups excluding carboxylic acids is 1. The molecular formula is C23H20Cl2N4O3S2. The smallest absolute Gasteiger partial charge is 0.257 e. The molecule has 0 aliphatic carbocycles. The van der Waals surface area contributed by atoms with Crippen LogP contribution in [-0.4, -0.2) is 25.9 Å². The zero-order chi connectivity index (χ0) is 24.3. The van der Waals surface area contributed by atoms with Gasteiger partial charge in [-0.2, -0.15) is 0 Å². The summed E-state index contributed by atoms with van der Waals surface area (Å²) < 4.78 is 26.2. The van der Waals surface area contributed by atoms with E-state index in [1.54, 1.807) is 24.3 Å². The Morgan fingerprint density at radius 3 is 2.53 bits per heavy atom. The maximum absolute atomic E-state index is 12.6. The summed E-state index contributed by atoms with van der Waals surface area (Å²) in [5, 5.41) is 3.99. The van der Waals surface area contributed by atoms with Crippen LogP contribution >= 0.6 is 34.5 Å². The fourth-order valence-electron chi connectivity index (χ4n) is 3.23. The summed E-state index contributed by atoms with van der Waals surface area (Å²) in [6, 6.07) is 16.9. The Balaban J connectivity index is 1.32. The Morgan fingerprint density at radius 1 is 1.06 bits per heavy atom. The number of nitrogens with one attached hydrogen (secondary N) is 3. The van der Waals surface area contributed by atoms with Gasteiger partial charge < -0.3 is 5.32 Å². The molecule has 1 aromatic heterocycles. The molecule has 1 amide bonds. The number of aromatic nitrogens is 1. The van der Waals surface area contributed by atoms with Crippen LogP contribution < -0.4 is 15.6 Å². The van der Waals surface area contributed by atoms with E-state index in [-0.39, 0.29) is 15.8 Å². The Bertz CT molecular complexity index is 1460. The number of hydrogen-bond donors (Lipinski definition) is 3. The summed E-state index contributed by atoms with van der Waals surface area (Å²) in [5.74, 6) is -0.304. The molecule has 0 aliphatic rings. The van der Waals surface area contributed by atoms with Gasteiger partial charge in [0.25, 0.3) is 15.9 Å². The van der Waals surface area contributed by atoms with E-state index in [1.807, 2.05) is 25.1 Å². The molecule has 0 saturated carbocycles. The molecule has 0 radical (unpaired) electrons. The molecule has 3 N–H and O–H groups in total. The third-order valence-electron chi connectivity index (χ3n) is 5.02. The molecule has 0 saturated heterocycles. The fourth-order valence-corrected chi connectivity index (χ4v) is 5.53. The number of rotatable bonds is 8. The highest BCUT2D eigenvalue weighted by molar-refractivity contribution is 7.89. The fraction of sp³-hybridized carbons (Fsp3) is 0.130. The number of hydrogen-bond acceptors (Lipinski definition) is 6. The van der Waals surface area contributed by atoms with Gasteiger partial charge in [0.15, 0.2) is 5.13 Å².